The summed E-state index contributed by atoms with van der Waals surface area (Å²) < 4.78 is 0.847. The number of nitrogens with one attached hydrogen (secondary N) is 1. The van der Waals surface area contributed by atoms with Gasteiger partial charge in [0, 0.05) is 10.0 Å². The van der Waals surface area contributed by atoms with E-state index in [1.165, 1.54) is 16.7 Å². The number of hydrogen-bond acceptors (Lipinski definition) is 5. The first-order valence-corrected chi connectivity index (χ1v) is 9.19. The molecule has 6 nitrogen and oxygen atoms in total. The zero-order valence-electron chi connectivity index (χ0n) is 12.8. The van der Waals surface area contributed by atoms with E-state index in [-0.39, 0.29) is 17.5 Å². The minimum absolute atomic E-state index is 0.0610. The maximum Gasteiger partial charge on any atom is 0.276 e. The number of thioether (sulfide) groups is 1. The molecule has 2 heterocycles. The molecule has 1 fully saturated rings. The van der Waals surface area contributed by atoms with Gasteiger partial charge in [-0.25, -0.2) is 0 Å². The average Bonchev–Trinajstić information content (AvgIpc) is 3.13. The monoisotopic (exact) mass is 414 g/mol. The van der Waals surface area contributed by atoms with Gasteiger partial charge >= 0.3 is 0 Å². The van der Waals surface area contributed by atoms with E-state index in [0.29, 0.717) is 22.2 Å². The highest BCUT2D eigenvalue weighted by atomic mass is 79.9. The number of benzene rings is 2. The van der Waals surface area contributed by atoms with Crippen molar-refractivity contribution in [2.45, 2.75) is 0 Å². The van der Waals surface area contributed by atoms with Crippen molar-refractivity contribution in [2.75, 3.05) is 16.0 Å². The first-order valence-electron chi connectivity index (χ1n) is 7.41. The molecule has 2 aliphatic heterocycles. The molecular formula is C17H11BrN4O2S. The summed E-state index contributed by atoms with van der Waals surface area (Å²) in [6, 6.07) is 14.7. The fraction of sp³-hybridized carbons (Fsp3) is 0.0588. The molecule has 8 heteroatoms. The Morgan fingerprint density at radius 3 is 2.68 bits per heavy atom. The number of fused-ring (bicyclic) bond motifs is 1. The molecule has 0 spiro atoms. The number of amidine groups is 1. The standard InChI is InChI=1S/C17H11BrN4O2S/c18-10-6-7-13-12(8-10)15(16(24)19-13)20-21-17-22(14(23)9-25-17)11-4-2-1-3-5-11/h1-8H,9H2,(H,19,20,24)/b21-17+. The van der Waals surface area contributed by atoms with Gasteiger partial charge in [-0.15, -0.1) is 10.2 Å². The highest BCUT2D eigenvalue weighted by molar-refractivity contribution is 9.10. The number of para-hydroxylation sites is 1. The number of halogens is 1. The van der Waals surface area contributed by atoms with E-state index >= 15 is 0 Å². The fourth-order valence-corrected chi connectivity index (χ4v) is 3.76. The second-order valence-electron chi connectivity index (χ2n) is 5.33. The third-order valence-corrected chi connectivity index (χ3v) is 5.12. The van der Waals surface area contributed by atoms with Crippen LogP contribution in [0, 0.1) is 0 Å². The van der Waals surface area contributed by atoms with Crippen molar-refractivity contribution < 1.29 is 9.59 Å². The Morgan fingerprint density at radius 1 is 1.08 bits per heavy atom. The number of carbonyl (C=O) groups excluding carboxylic acids is 2. The van der Waals surface area contributed by atoms with Gasteiger partial charge in [-0.05, 0) is 30.3 Å². The number of amides is 2. The highest BCUT2D eigenvalue weighted by Gasteiger charge is 2.31. The molecule has 0 aliphatic carbocycles. The summed E-state index contributed by atoms with van der Waals surface area (Å²) in [5.74, 6) is -0.0698. The van der Waals surface area contributed by atoms with Crippen molar-refractivity contribution >= 4 is 61.8 Å². The third-order valence-electron chi connectivity index (χ3n) is 3.72. The maximum atomic E-state index is 12.2. The molecule has 0 radical (unpaired) electrons. The molecule has 124 valence electrons. The zero-order chi connectivity index (χ0) is 17.4. The molecule has 4 rings (SSSR count). The minimum Gasteiger partial charge on any atom is -0.320 e. The van der Waals surface area contributed by atoms with Crippen LogP contribution in [0.25, 0.3) is 0 Å². The van der Waals surface area contributed by atoms with Crippen LogP contribution in [0.15, 0.2) is 63.2 Å². The first kappa shape index (κ1) is 16.0. The maximum absolute atomic E-state index is 12.2. The van der Waals surface area contributed by atoms with Crippen molar-refractivity contribution in [2.24, 2.45) is 10.2 Å². The van der Waals surface area contributed by atoms with Crippen LogP contribution in [0.5, 0.6) is 0 Å². The molecule has 0 unspecified atom stereocenters. The van der Waals surface area contributed by atoms with Crippen LogP contribution >= 0.6 is 27.7 Å². The minimum atomic E-state index is -0.307. The van der Waals surface area contributed by atoms with Gasteiger partial charge in [-0.1, -0.05) is 45.9 Å². The van der Waals surface area contributed by atoms with Crippen LogP contribution < -0.4 is 10.2 Å². The van der Waals surface area contributed by atoms with Crippen molar-refractivity contribution in [3.8, 4) is 0 Å². The number of carbonyl (C=O) groups is 2. The zero-order valence-corrected chi connectivity index (χ0v) is 15.2. The Labute approximate surface area is 156 Å². The van der Waals surface area contributed by atoms with Crippen LogP contribution in [0.3, 0.4) is 0 Å². The van der Waals surface area contributed by atoms with Crippen molar-refractivity contribution in [1.29, 1.82) is 0 Å². The number of hydrogen-bond donors (Lipinski definition) is 1. The van der Waals surface area contributed by atoms with E-state index in [1.54, 1.807) is 6.07 Å². The predicted molar refractivity (Wildman–Crippen MR) is 103 cm³/mol. The van der Waals surface area contributed by atoms with E-state index in [9.17, 15) is 9.59 Å². The molecule has 2 aromatic rings. The Bertz CT molecular complexity index is 943. The van der Waals surface area contributed by atoms with Crippen LogP contribution in [-0.4, -0.2) is 28.4 Å². The molecule has 0 bridgehead atoms. The van der Waals surface area contributed by atoms with Crippen LogP contribution in [0.2, 0.25) is 0 Å². The summed E-state index contributed by atoms with van der Waals surface area (Å²) in [6.07, 6.45) is 0. The van der Waals surface area contributed by atoms with Gasteiger partial charge in [0.1, 0.15) is 0 Å². The topological polar surface area (TPSA) is 74.1 Å². The number of nitrogens with zero attached hydrogens (tertiary/aromatic N) is 3. The molecule has 0 aromatic heterocycles. The normalized spacial score (nSPS) is 19.6. The Morgan fingerprint density at radius 2 is 1.88 bits per heavy atom. The van der Waals surface area contributed by atoms with Crippen molar-refractivity contribution in [3.63, 3.8) is 0 Å². The molecule has 0 saturated carbocycles. The summed E-state index contributed by atoms with van der Waals surface area (Å²) >= 11 is 4.69. The average molecular weight is 415 g/mol. The summed E-state index contributed by atoms with van der Waals surface area (Å²) in [7, 11) is 0. The van der Waals surface area contributed by atoms with Crippen molar-refractivity contribution in [3.05, 3.63) is 58.6 Å². The van der Waals surface area contributed by atoms with Crippen LogP contribution in [0.4, 0.5) is 11.4 Å². The summed E-state index contributed by atoms with van der Waals surface area (Å²) in [5, 5.41) is 11.5. The molecule has 2 aliphatic rings. The quantitative estimate of drug-likeness (QED) is 0.766. The molecule has 0 atom stereocenters. The second kappa shape index (κ2) is 6.45. The molecular weight excluding hydrogens is 404 g/mol. The number of anilines is 2. The second-order valence-corrected chi connectivity index (χ2v) is 7.19. The largest absolute Gasteiger partial charge is 0.320 e. The highest BCUT2D eigenvalue weighted by Crippen LogP contribution is 2.29. The van der Waals surface area contributed by atoms with Gasteiger partial charge in [-0.3, -0.25) is 14.5 Å². The van der Waals surface area contributed by atoms with E-state index in [0.717, 1.165) is 10.2 Å². The van der Waals surface area contributed by atoms with Gasteiger partial charge in [0.05, 0.1) is 17.1 Å². The lowest BCUT2D eigenvalue weighted by Crippen LogP contribution is -2.29. The van der Waals surface area contributed by atoms with Gasteiger partial charge in [0.2, 0.25) is 5.91 Å². The molecule has 1 N–H and O–H groups in total. The van der Waals surface area contributed by atoms with Crippen LogP contribution in [0.1, 0.15) is 5.56 Å². The van der Waals surface area contributed by atoms with Gasteiger partial charge in [0.15, 0.2) is 10.9 Å². The smallest absolute Gasteiger partial charge is 0.276 e. The SMILES string of the molecule is O=C1Nc2ccc(Br)cc2/C1=N/N=C1/SCC(=O)N1c1ccccc1. The van der Waals surface area contributed by atoms with E-state index in [2.05, 4.69) is 31.4 Å². The van der Waals surface area contributed by atoms with E-state index in [1.807, 2.05) is 42.5 Å². The lowest BCUT2D eigenvalue weighted by molar-refractivity contribution is -0.115. The van der Waals surface area contributed by atoms with E-state index < -0.39 is 0 Å². The lowest BCUT2D eigenvalue weighted by Gasteiger charge is -2.14. The van der Waals surface area contributed by atoms with Crippen molar-refractivity contribution in [1.82, 2.24) is 0 Å². The fourth-order valence-electron chi connectivity index (χ4n) is 2.58. The van der Waals surface area contributed by atoms with Gasteiger partial charge in [0.25, 0.3) is 5.91 Å². The Hall–Kier alpha value is -2.45. The molecule has 2 amide bonds. The predicted octanol–water partition coefficient (Wildman–Crippen LogP) is 3.24. The Balaban J connectivity index is 1.72. The van der Waals surface area contributed by atoms with Gasteiger partial charge in [-0.2, -0.15) is 0 Å². The molecule has 1 saturated heterocycles. The molecule has 25 heavy (non-hydrogen) atoms. The van der Waals surface area contributed by atoms with Crippen LogP contribution in [-0.2, 0) is 9.59 Å². The van der Waals surface area contributed by atoms with E-state index in [4.69, 9.17) is 0 Å². The summed E-state index contributed by atoms with van der Waals surface area (Å²) in [5.41, 5.74) is 2.35. The van der Waals surface area contributed by atoms with Gasteiger partial charge < -0.3 is 5.32 Å². The molecule has 2 aromatic carbocycles. The first-order chi connectivity index (χ1) is 12.1. The summed E-state index contributed by atoms with van der Waals surface area (Å²) in [6.45, 7) is 0. The Kier molecular flexibility index (Phi) is 4.14. The third kappa shape index (κ3) is 2.98. The number of rotatable bonds is 2. The lowest BCUT2D eigenvalue weighted by atomic mass is 10.1. The summed E-state index contributed by atoms with van der Waals surface area (Å²) in [4.78, 5) is 25.8.